The van der Waals surface area contributed by atoms with Crippen LogP contribution in [0.15, 0.2) is 18.3 Å². The lowest BCUT2D eigenvalue weighted by atomic mass is 10.0. The monoisotopic (exact) mass is 195 g/mol. The Kier molecular flexibility index (Phi) is 1.99. The van der Waals surface area contributed by atoms with Gasteiger partial charge in [0.1, 0.15) is 11.7 Å². The Morgan fingerprint density at radius 2 is 2.21 bits per heavy atom. The van der Waals surface area contributed by atoms with Crippen molar-refractivity contribution in [2.45, 2.75) is 12.3 Å². The van der Waals surface area contributed by atoms with Gasteiger partial charge >= 0.3 is 11.9 Å². The normalized spacial score (nSPS) is 21.1. The fraction of sp³-hybridized carbons (Fsp3) is 0.222. The fourth-order valence-corrected chi connectivity index (χ4v) is 1.29. The molecule has 1 aliphatic rings. The number of rotatable bonds is 1. The molecule has 1 aliphatic heterocycles. The van der Waals surface area contributed by atoms with Gasteiger partial charge in [0.2, 0.25) is 0 Å². The highest BCUT2D eigenvalue weighted by Gasteiger charge is 2.35. The van der Waals surface area contributed by atoms with E-state index in [-0.39, 0.29) is 6.42 Å². The molecule has 0 N–H and O–H groups in total. The number of aromatic nitrogens is 1. The number of hydrogen-bond donors (Lipinski definition) is 0. The summed E-state index contributed by atoms with van der Waals surface area (Å²) in [6, 6.07) is 2.57. The zero-order valence-electron chi connectivity index (χ0n) is 7.07. The molecule has 4 nitrogen and oxygen atoms in total. The SMILES string of the molecule is O=C1CC(c2ccc(F)cn2)C(=O)O1. The van der Waals surface area contributed by atoms with Gasteiger partial charge in [0, 0.05) is 0 Å². The van der Waals surface area contributed by atoms with Crippen LogP contribution < -0.4 is 0 Å². The molecule has 0 aliphatic carbocycles. The largest absolute Gasteiger partial charge is 0.393 e. The van der Waals surface area contributed by atoms with E-state index in [0.29, 0.717) is 5.69 Å². The molecule has 2 rings (SSSR count). The second-order valence-electron chi connectivity index (χ2n) is 2.95. The molecular weight excluding hydrogens is 189 g/mol. The molecule has 0 bridgehead atoms. The van der Waals surface area contributed by atoms with Crippen LogP contribution in [-0.2, 0) is 14.3 Å². The van der Waals surface area contributed by atoms with Gasteiger partial charge in [-0.05, 0) is 12.1 Å². The molecule has 2 heterocycles. The first-order chi connectivity index (χ1) is 6.66. The lowest BCUT2D eigenvalue weighted by Crippen LogP contribution is -2.07. The molecule has 5 heteroatoms. The molecule has 0 aromatic carbocycles. The summed E-state index contributed by atoms with van der Waals surface area (Å²) in [6.45, 7) is 0. The number of cyclic esters (lactones) is 2. The standard InChI is InChI=1S/C9H6FNO3/c10-5-1-2-7(11-4-5)6-3-8(12)14-9(6)13/h1-2,4,6H,3H2. The van der Waals surface area contributed by atoms with Crippen molar-refractivity contribution in [1.82, 2.24) is 4.98 Å². The van der Waals surface area contributed by atoms with Crippen molar-refractivity contribution in [1.29, 1.82) is 0 Å². The Labute approximate surface area is 78.7 Å². The molecular formula is C9H6FNO3. The number of ether oxygens (including phenoxy) is 1. The van der Waals surface area contributed by atoms with Gasteiger partial charge in [-0.15, -0.1) is 0 Å². The summed E-state index contributed by atoms with van der Waals surface area (Å²) in [7, 11) is 0. The second kappa shape index (κ2) is 3.17. The summed E-state index contributed by atoms with van der Waals surface area (Å²) >= 11 is 0. The van der Waals surface area contributed by atoms with E-state index in [0.717, 1.165) is 6.20 Å². The number of carbonyl (C=O) groups is 2. The fourth-order valence-electron chi connectivity index (χ4n) is 1.29. The highest BCUT2D eigenvalue weighted by Crippen LogP contribution is 2.25. The summed E-state index contributed by atoms with van der Waals surface area (Å²) in [5.74, 6) is -2.34. The third kappa shape index (κ3) is 1.48. The highest BCUT2D eigenvalue weighted by atomic mass is 19.1. The van der Waals surface area contributed by atoms with Crippen LogP contribution in [0.1, 0.15) is 18.0 Å². The van der Waals surface area contributed by atoms with Crippen LogP contribution in [0.3, 0.4) is 0 Å². The van der Waals surface area contributed by atoms with Gasteiger partial charge in [0.15, 0.2) is 0 Å². The van der Waals surface area contributed by atoms with Gasteiger partial charge < -0.3 is 4.74 Å². The van der Waals surface area contributed by atoms with E-state index in [1.807, 2.05) is 0 Å². The smallest absolute Gasteiger partial charge is 0.323 e. The Bertz CT molecular complexity index is 388. The minimum absolute atomic E-state index is 0.0164. The Morgan fingerprint density at radius 3 is 2.71 bits per heavy atom. The van der Waals surface area contributed by atoms with Gasteiger partial charge in [-0.1, -0.05) is 0 Å². The molecule has 14 heavy (non-hydrogen) atoms. The number of pyridine rings is 1. The molecule has 0 saturated carbocycles. The van der Waals surface area contributed by atoms with E-state index in [4.69, 9.17) is 0 Å². The summed E-state index contributed by atoms with van der Waals surface area (Å²) < 4.78 is 16.8. The topological polar surface area (TPSA) is 56.3 Å². The molecule has 0 spiro atoms. The van der Waals surface area contributed by atoms with Crippen molar-refractivity contribution in [3.63, 3.8) is 0 Å². The molecule has 1 aromatic heterocycles. The predicted octanol–water partition coefficient (Wildman–Crippen LogP) is 0.778. The van der Waals surface area contributed by atoms with Crippen LogP contribution in [-0.4, -0.2) is 16.9 Å². The summed E-state index contributed by atoms with van der Waals surface area (Å²) in [6.07, 6.45) is 0.989. The molecule has 1 saturated heterocycles. The number of carbonyl (C=O) groups excluding carboxylic acids is 2. The summed E-state index contributed by atoms with van der Waals surface area (Å²) in [5.41, 5.74) is 0.363. The van der Waals surface area contributed by atoms with Gasteiger partial charge in [-0.2, -0.15) is 0 Å². The van der Waals surface area contributed by atoms with E-state index in [9.17, 15) is 14.0 Å². The minimum Gasteiger partial charge on any atom is -0.393 e. The molecule has 72 valence electrons. The quantitative estimate of drug-likeness (QED) is 0.490. The first-order valence-electron chi connectivity index (χ1n) is 4.03. The first kappa shape index (κ1) is 8.80. The van der Waals surface area contributed by atoms with Crippen molar-refractivity contribution in [3.8, 4) is 0 Å². The number of esters is 2. The van der Waals surface area contributed by atoms with Crippen LogP contribution in [0.5, 0.6) is 0 Å². The van der Waals surface area contributed by atoms with Gasteiger partial charge in [0.25, 0.3) is 0 Å². The first-order valence-corrected chi connectivity index (χ1v) is 4.03. The van der Waals surface area contributed by atoms with Crippen molar-refractivity contribution in [2.24, 2.45) is 0 Å². The summed E-state index contributed by atoms with van der Waals surface area (Å²) in [4.78, 5) is 25.6. The maximum atomic E-state index is 12.5. The Morgan fingerprint density at radius 1 is 1.43 bits per heavy atom. The average Bonchev–Trinajstić information content (AvgIpc) is 2.47. The van der Waals surface area contributed by atoms with E-state index in [1.165, 1.54) is 12.1 Å². The zero-order chi connectivity index (χ0) is 10.1. The van der Waals surface area contributed by atoms with Gasteiger partial charge in [-0.3, -0.25) is 14.6 Å². The molecule has 0 radical (unpaired) electrons. The van der Waals surface area contributed by atoms with Gasteiger partial charge in [-0.25, -0.2) is 4.39 Å². The van der Waals surface area contributed by atoms with E-state index < -0.39 is 23.7 Å². The molecule has 1 aromatic rings. The maximum absolute atomic E-state index is 12.5. The lowest BCUT2D eigenvalue weighted by molar-refractivity contribution is -0.152. The van der Waals surface area contributed by atoms with Crippen molar-refractivity contribution in [3.05, 3.63) is 29.8 Å². The van der Waals surface area contributed by atoms with Crippen molar-refractivity contribution in [2.75, 3.05) is 0 Å². The number of halogens is 1. The highest BCUT2D eigenvalue weighted by molar-refractivity contribution is 5.97. The Hall–Kier alpha value is -1.78. The van der Waals surface area contributed by atoms with E-state index >= 15 is 0 Å². The third-order valence-electron chi connectivity index (χ3n) is 1.98. The van der Waals surface area contributed by atoms with Crippen LogP contribution in [0.25, 0.3) is 0 Å². The lowest BCUT2D eigenvalue weighted by Gasteiger charge is -2.02. The third-order valence-corrected chi connectivity index (χ3v) is 1.98. The second-order valence-corrected chi connectivity index (χ2v) is 2.95. The van der Waals surface area contributed by atoms with Crippen LogP contribution in [0, 0.1) is 5.82 Å². The molecule has 1 fully saturated rings. The van der Waals surface area contributed by atoms with Gasteiger partial charge in [0.05, 0.1) is 18.3 Å². The number of nitrogens with zero attached hydrogens (tertiary/aromatic N) is 1. The van der Waals surface area contributed by atoms with Crippen LogP contribution in [0.4, 0.5) is 4.39 Å². The van der Waals surface area contributed by atoms with Crippen molar-refractivity contribution >= 4 is 11.9 Å². The van der Waals surface area contributed by atoms with E-state index in [1.54, 1.807) is 0 Å². The summed E-state index contributed by atoms with van der Waals surface area (Å²) in [5, 5.41) is 0. The zero-order valence-corrected chi connectivity index (χ0v) is 7.07. The van der Waals surface area contributed by atoms with Crippen LogP contribution >= 0.6 is 0 Å². The minimum atomic E-state index is -0.678. The predicted molar refractivity (Wildman–Crippen MR) is 42.7 cm³/mol. The van der Waals surface area contributed by atoms with Crippen LogP contribution in [0.2, 0.25) is 0 Å². The molecule has 1 unspecified atom stereocenters. The van der Waals surface area contributed by atoms with Crippen molar-refractivity contribution < 1.29 is 18.7 Å². The Balaban J connectivity index is 2.27. The van der Waals surface area contributed by atoms with E-state index in [2.05, 4.69) is 9.72 Å². The maximum Gasteiger partial charge on any atom is 0.323 e. The number of hydrogen-bond acceptors (Lipinski definition) is 4. The molecule has 0 amide bonds. The molecule has 1 atom stereocenters. The average molecular weight is 195 g/mol.